The highest BCUT2D eigenvalue weighted by Crippen LogP contribution is 2.30. The number of alkyl halides is 3. The Morgan fingerprint density at radius 2 is 2.00 bits per heavy atom. The summed E-state index contributed by atoms with van der Waals surface area (Å²) in [6.45, 7) is -1.36. The maximum Gasteiger partial charge on any atom is 0.422 e. The van der Waals surface area contributed by atoms with Crippen molar-refractivity contribution in [3.8, 4) is 5.75 Å². The number of pyridine rings is 1. The molecule has 0 aliphatic carbocycles. The Bertz CT molecular complexity index is 540. The first kappa shape index (κ1) is 11.5. The average Bonchev–Trinajstić information content (AvgIpc) is 2.27. The van der Waals surface area contributed by atoms with E-state index in [0.29, 0.717) is 10.9 Å². The van der Waals surface area contributed by atoms with Gasteiger partial charge in [-0.05, 0) is 24.3 Å². The van der Waals surface area contributed by atoms with E-state index < -0.39 is 12.8 Å². The molecule has 2 N–H and O–H groups in total. The summed E-state index contributed by atoms with van der Waals surface area (Å²) in [6.07, 6.45) is -2.80. The Balaban J connectivity index is 2.33. The van der Waals surface area contributed by atoms with E-state index in [1.54, 1.807) is 24.4 Å². The minimum atomic E-state index is -4.38. The third-order valence-electron chi connectivity index (χ3n) is 2.18. The molecule has 0 aliphatic heterocycles. The van der Waals surface area contributed by atoms with Crippen LogP contribution in [-0.4, -0.2) is 17.8 Å². The van der Waals surface area contributed by atoms with Crippen molar-refractivity contribution in [3.05, 3.63) is 30.5 Å². The van der Waals surface area contributed by atoms with Crippen LogP contribution in [0.2, 0.25) is 0 Å². The lowest BCUT2D eigenvalue weighted by Crippen LogP contribution is -2.19. The lowest BCUT2D eigenvalue weighted by molar-refractivity contribution is -0.153. The molecule has 1 heterocycles. The van der Waals surface area contributed by atoms with Gasteiger partial charge in [0.1, 0.15) is 5.75 Å². The maximum absolute atomic E-state index is 12.0. The Hall–Kier alpha value is -1.98. The highest BCUT2D eigenvalue weighted by molar-refractivity contribution is 5.93. The first-order valence-corrected chi connectivity index (χ1v) is 4.80. The van der Waals surface area contributed by atoms with E-state index >= 15 is 0 Å². The van der Waals surface area contributed by atoms with Gasteiger partial charge in [-0.25, -0.2) is 0 Å². The van der Waals surface area contributed by atoms with Crippen molar-refractivity contribution in [1.29, 1.82) is 0 Å². The molecule has 2 aromatic rings. The molecule has 0 saturated heterocycles. The quantitative estimate of drug-likeness (QED) is 0.824. The van der Waals surface area contributed by atoms with Crippen molar-refractivity contribution in [3.63, 3.8) is 0 Å². The predicted octanol–water partition coefficient (Wildman–Crippen LogP) is 2.76. The first-order chi connectivity index (χ1) is 7.97. The van der Waals surface area contributed by atoms with Crippen molar-refractivity contribution in [1.82, 2.24) is 4.98 Å². The third kappa shape index (κ3) is 2.58. The van der Waals surface area contributed by atoms with Crippen molar-refractivity contribution >= 4 is 16.6 Å². The molecule has 0 unspecified atom stereocenters. The fourth-order valence-electron chi connectivity index (χ4n) is 1.44. The number of nitrogens with zero attached hydrogens (tertiary/aromatic N) is 1. The molecule has 3 nitrogen and oxygen atoms in total. The van der Waals surface area contributed by atoms with E-state index in [1.807, 2.05) is 0 Å². The molecule has 2 rings (SSSR count). The smallest absolute Gasteiger partial charge is 0.422 e. The van der Waals surface area contributed by atoms with Crippen LogP contribution in [0.5, 0.6) is 5.75 Å². The monoisotopic (exact) mass is 242 g/mol. The van der Waals surface area contributed by atoms with E-state index in [1.165, 1.54) is 6.07 Å². The number of aromatic nitrogens is 1. The molecule has 1 aromatic heterocycles. The van der Waals surface area contributed by atoms with Gasteiger partial charge in [0.25, 0.3) is 0 Å². The number of nitrogens with two attached hydrogens (primary N) is 1. The van der Waals surface area contributed by atoms with Gasteiger partial charge >= 0.3 is 6.18 Å². The second-order valence-corrected chi connectivity index (χ2v) is 3.45. The van der Waals surface area contributed by atoms with Gasteiger partial charge in [-0.1, -0.05) is 0 Å². The molecule has 0 atom stereocenters. The van der Waals surface area contributed by atoms with Gasteiger partial charge in [-0.15, -0.1) is 0 Å². The topological polar surface area (TPSA) is 48.1 Å². The van der Waals surface area contributed by atoms with E-state index in [2.05, 4.69) is 9.72 Å². The average molecular weight is 242 g/mol. The summed E-state index contributed by atoms with van der Waals surface area (Å²) < 4.78 is 40.7. The molecule has 0 amide bonds. The van der Waals surface area contributed by atoms with Crippen LogP contribution in [0.15, 0.2) is 30.5 Å². The highest BCUT2D eigenvalue weighted by Gasteiger charge is 2.28. The number of benzene rings is 1. The molecular weight excluding hydrogens is 233 g/mol. The largest absolute Gasteiger partial charge is 0.482 e. The van der Waals surface area contributed by atoms with Gasteiger partial charge in [0.15, 0.2) is 6.61 Å². The summed E-state index contributed by atoms with van der Waals surface area (Å²) in [5, 5.41) is 0.576. The van der Waals surface area contributed by atoms with Crippen LogP contribution in [0.4, 0.5) is 18.9 Å². The molecule has 0 fully saturated rings. The molecule has 17 heavy (non-hydrogen) atoms. The van der Waals surface area contributed by atoms with Crippen LogP contribution in [0.25, 0.3) is 10.9 Å². The predicted molar refractivity (Wildman–Crippen MR) is 57.7 cm³/mol. The van der Waals surface area contributed by atoms with Crippen molar-refractivity contribution < 1.29 is 17.9 Å². The number of hydrogen-bond acceptors (Lipinski definition) is 3. The lowest BCUT2D eigenvalue weighted by atomic mass is 10.2. The molecule has 0 aliphatic rings. The van der Waals surface area contributed by atoms with Crippen LogP contribution in [0.3, 0.4) is 0 Å². The maximum atomic E-state index is 12.0. The molecule has 0 spiro atoms. The fourth-order valence-corrected chi connectivity index (χ4v) is 1.44. The number of halogens is 3. The second kappa shape index (κ2) is 4.12. The minimum Gasteiger partial charge on any atom is -0.482 e. The lowest BCUT2D eigenvalue weighted by Gasteiger charge is -2.12. The van der Waals surface area contributed by atoms with Gasteiger partial charge < -0.3 is 10.5 Å². The Morgan fingerprint density at radius 1 is 1.24 bits per heavy atom. The van der Waals surface area contributed by atoms with E-state index in [0.717, 1.165) is 0 Å². The van der Waals surface area contributed by atoms with E-state index in [-0.39, 0.29) is 11.4 Å². The van der Waals surface area contributed by atoms with Crippen LogP contribution < -0.4 is 10.5 Å². The summed E-state index contributed by atoms with van der Waals surface area (Å²) in [7, 11) is 0. The molecule has 0 bridgehead atoms. The molecule has 0 saturated carbocycles. The summed E-state index contributed by atoms with van der Waals surface area (Å²) in [5.41, 5.74) is 6.50. The van der Waals surface area contributed by atoms with Gasteiger partial charge in [-0.3, -0.25) is 4.98 Å². The summed E-state index contributed by atoms with van der Waals surface area (Å²) in [6, 6.07) is 6.29. The minimum absolute atomic E-state index is 0.0165. The van der Waals surface area contributed by atoms with E-state index in [9.17, 15) is 13.2 Å². The SMILES string of the molecule is Nc1c(OCC(F)(F)F)ccc2ncccc12. The highest BCUT2D eigenvalue weighted by atomic mass is 19.4. The Morgan fingerprint density at radius 3 is 2.71 bits per heavy atom. The summed E-state index contributed by atoms with van der Waals surface area (Å²) in [4.78, 5) is 4.03. The standard InChI is InChI=1S/C11H9F3N2O/c12-11(13,14)6-17-9-4-3-8-7(10(9)15)2-1-5-16-8/h1-5H,6,15H2. The van der Waals surface area contributed by atoms with E-state index in [4.69, 9.17) is 5.73 Å². The number of anilines is 1. The summed E-state index contributed by atoms with van der Waals surface area (Å²) in [5.74, 6) is 0.0165. The zero-order valence-corrected chi connectivity index (χ0v) is 8.66. The zero-order chi connectivity index (χ0) is 12.5. The Kier molecular flexibility index (Phi) is 2.79. The van der Waals surface area contributed by atoms with Crippen LogP contribution in [-0.2, 0) is 0 Å². The number of hydrogen-bond donors (Lipinski definition) is 1. The second-order valence-electron chi connectivity index (χ2n) is 3.45. The first-order valence-electron chi connectivity index (χ1n) is 4.80. The van der Waals surface area contributed by atoms with Crippen molar-refractivity contribution in [2.45, 2.75) is 6.18 Å². The molecule has 6 heteroatoms. The number of fused-ring (bicyclic) bond motifs is 1. The number of nitrogen functional groups attached to an aromatic ring is 1. The fraction of sp³-hybridized carbons (Fsp3) is 0.182. The normalized spacial score (nSPS) is 11.7. The van der Waals surface area contributed by atoms with Crippen molar-refractivity contribution in [2.24, 2.45) is 0 Å². The van der Waals surface area contributed by atoms with Gasteiger partial charge in [0.2, 0.25) is 0 Å². The molecule has 90 valence electrons. The van der Waals surface area contributed by atoms with Gasteiger partial charge in [0.05, 0.1) is 11.2 Å². The van der Waals surface area contributed by atoms with Gasteiger partial charge in [0, 0.05) is 11.6 Å². The zero-order valence-electron chi connectivity index (χ0n) is 8.66. The van der Waals surface area contributed by atoms with Crippen molar-refractivity contribution in [2.75, 3.05) is 12.3 Å². The molecule has 0 radical (unpaired) electrons. The molecule has 1 aromatic carbocycles. The Labute approximate surface area is 95.0 Å². The van der Waals surface area contributed by atoms with Crippen LogP contribution in [0, 0.1) is 0 Å². The summed E-state index contributed by atoms with van der Waals surface area (Å²) >= 11 is 0. The molecular formula is C11H9F3N2O. The third-order valence-corrected chi connectivity index (χ3v) is 2.18. The van der Waals surface area contributed by atoms with Crippen LogP contribution in [0.1, 0.15) is 0 Å². The number of ether oxygens (including phenoxy) is 1. The van der Waals surface area contributed by atoms with Gasteiger partial charge in [-0.2, -0.15) is 13.2 Å². The number of rotatable bonds is 2. The van der Waals surface area contributed by atoms with Crippen LogP contribution >= 0.6 is 0 Å².